The summed E-state index contributed by atoms with van der Waals surface area (Å²) in [4.78, 5) is 13.9. The molecule has 2 aliphatic rings. The number of aromatic nitrogens is 4. The average Bonchev–Trinajstić information content (AvgIpc) is 3.39. The van der Waals surface area contributed by atoms with Crippen molar-refractivity contribution in [1.29, 1.82) is 0 Å². The molecular formula is C21H23FN6. The minimum absolute atomic E-state index is 0.0372. The summed E-state index contributed by atoms with van der Waals surface area (Å²) < 4.78 is 14.8. The Labute approximate surface area is 162 Å². The molecule has 144 valence electrons. The number of halogens is 1. The van der Waals surface area contributed by atoms with Gasteiger partial charge in [0.05, 0.1) is 35.5 Å². The minimum atomic E-state index is -0.374. The first-order chi connectivity index (χ1) is 13.6. The first kappa shape index (κ1) is 17.3. The van der Waals surface area contributed by atoms with Crippen LogP contribution in [0.15, 0.2) is 35.6 Å². The number of aliphatic imine (C=N–C) groups is 1. The molecule has 0 saturated heterocycles. The van der Waals surface area contributed by atoms with E-state index in [-0.39, 0.29) is 12.6 Å². The third-order valence-corrected chi connectivity index (χ3v) is 5.81. The summed E-state index contributed by atoms with van der Waals surface area (Å²) in [5, 5.41) is 7.99. The Morgan fingerprint density at radius 1 is 1.29 bits per heavy atom. The molecule has 1 fully saturated rings. The molecule has 0 spiro atoms. The third kappa shape index (κ3) is 2.95. The van der Waals surface area contributed by atoms with E-state index in [1.54, 1.807) is 0 Å². The minimum Gasteiger partial charge on any atom is -0.350 e. The Hall–Kier alpha value is -2.83. The lowest BCUT2D eigenvalue weighted by molar-refractivity contribution is 0.463. The SMILES string of the molecule is CC1=Nc2ccc(-c3ccn4nc(N[C@H](C)C5CC5)ncc34)nc2C1CCF. The molecule has 1 N–H and O–H groups in total. The van der Waals surface area contributed by atoms with E-state index < -0.39 is 0 Å². The molecule has 4 heterocycles. The highest BCUT2D eigenvalue weighted by molar-refractivity contribution is 5.96. The highest BCUT2D eigenvalue weighted by Gasteiger charge is 2.29. The lowest BCUT2D eigenvalue weighted by Gasteiger charge is -2.12. The summed E-state index contributed by atoms with van der Waals surface area (Å²) >= 11 is 0. The van der Waals surface area contributed by atoms with E-state index in [2.05, 4.69) is 27.3 Å². The van der Waals surface area contributed by atoms with Gasteiger partial charge in [-0.25, -0.2) is 14.5 Å². The molecule has 3 aromatic heterocycles. The third-order valence-electron chi connectivity index (χ3n) is 5.81. The highest BCUT2D eigenvalue weighted by atomic mass is 19.1. The zero-order chi connectivity index (χ0) is 19.3. The summed E-state index contributed by atoms with van der Waals surface area (Å²) in [6.45, 7) is 3.75. The van der Waals surface area contributed by atoms with Crippen LogP contribution in [-0.2, 0) is 0 Å². The number of nitrogens with zero attached hydrogens (tertiary/aromatic N) is 5. The number of anilines is 1. The molecule has 0 aromatic carbocycles. The van der Waals surface area contributed by atoms with Gasteiger partial charge < -0.3 is 5.32 Å². The van der Waals surface area contributed by atoms with E-state index in [1.165, 1.54) is 12.8 Å². The lowest BCUT2D eigenvalue weighted by atomic mass is 9.98. The highest BCUT2D eigenvalue weighted by Crippen LogP contribution is 2.38. The number of fused-ring (bicyclic) bond motifs is 2. The number of hydrogen-bond donors (Lipinski definition) is 1. The molecule has 0 bridgehead atoms. The number of pyridine rings is 1. The molecule has 7 heteroatoms. The number of rotatable bonds is 6. The molecule has 5 rings (SSSR count). The maximum atomic E-state index is 13.0. The van der Waals surface area contributed by atoms with Gasteiger partial charge in [0.1, 0.15) is 0 Å². The summed E-state index contributed by atoms with van der Waals surface area (Å²) in [6.07, 6.45) is 6.74. The van der Waals surface area contributed by atoms with Crippen molar-refractivity contribution < 1.29 is 4.39 Å². The van der Waals surface area contributed by atoms with Gasteiger partial charge in [-0.3, -0.25) is 9.38 Å². The topological polar surface area (TPSA) is 67.5 Å². The molecule has 1 aliphatic carbocycles. The molecule has 2 atom stereocenters. The fourth-order valence-electron chi connectivity index (χ4n) is 3.99. The Balaban J connectivity index is 1.47. The van der Waals surface area contributed by atoms with Gasteiger partial charge in [0.25, 0.3) is 0 Å². The van der Waals surface area contributed by atoms with E-state index in [0.717, 1.165) is 39.8 Å². The van der Waals surface area contributed by atoms with E-state index >= 15 is 0 Å². The molecule has 3 aromatic rings. The molecule has 0 amide bonds. The quantitative estimate of drug-likeness (QED) is 0.683. The monoisotopic (exact) mass is 378 g/mol. The first-order valence-electron chi connectivity index (χ1n) is 9.87. The molecule has 1 saturated carbocycles. The van der Waals surface area contributed by atoms with Gasteiger partial charge in [0, 0.05) is 29.4 Å². The largest absolute Gasteiger partial charge is 0.350 e. The lowest BCUT2D eigenvalue weighted by Crippen LogP contribution is -2.19. The van der Waals surface area contributed by atoms with Gasteiger partial charge in [-0.15, -0.1) is 5.10 Å². The van der Waals surface area contributed by atoms with Crippen LogP contribution in [0.2, 0.25) is 0 Å². The zero-order valence-electron chi connectivity index (χ0n) is 16.1. The second-order valence-corrected chi connectivity index (χ2v) is 7.80. The number of alkyl halides is 1. The van der Waals surface area contributed by atoms with Crippen molar-refractivity contribution >= 4 is 22.9 Å². The predicted octanol–water partition coefficient (Wildman–Crippen LogP) is 4.55. The van der Waals surface area contributed by atoms with Crippen LogP contribution in [0.3, 0.4) is 0 Å². The summed E-state index contributed by atoms with van der Waals surface area (Å²) in [7, 11) is 0. The van der Waals surface area contributed by atoms with Crippen molar-refractivity contribution in [1.82, 2.24) is 19.6 Å². The average molecular weight is 378 g/mol. The van der Waals surface area contributed by atoms with Crippen LogP contribution in [0.25, 0.3) is 16.8 Å². The summed E-state index contributed by atoms with van der Waals surface area (Å²) in [6, 6.07) is 6.32. The van der Waals surface area contributed by atoms with Gasteiger partial charge >= 0.3 is 0 Å². The standard InChI is InChI=1S/C21H23FN6/c1-12(14-3-4-14)25-21-23-11-19-16(8-10-28(19)27-21)17-5-6-18-20(26-17)15(7-9-22)13(2)24-18/h5-6,8,10-12,14-15H,3-4,7,9H2,1-2H3,(H,25,27)/t12-,15?/m1/s1. The van der Waals surface area contributed by atoms with Crippen LogP contribution in [0.1, 0.15) is 44.7 Å². The Morgan fingerprint density at radius 3 is 2.93 bits per heavy atom. The molecule has 1 aliphatic heterocycles. The Morgan fingerprint density at radius 2 is 2.14 bits per heavy atom. The van der Waals surface area contributed by atoms with E-state index in [1.807, 2.05) is 42.0 Å². The Bertz CT molecular complexity index is 1070. The smallest absolute Gasteiger partial charge is 0.241 e. The first-order valence-corrected chi connectivity index (χ1v) is 9.87. The maximum absolute atomic E-state index is 13.0. The maximum Gasteiger partial charge on any atom is 0.241 e. The second kappa shape index (κ2) is 6.65. The van der Waals surface area contributed by atoms with Gasteiger partial charge in [-0.2, -0.15) is 0 Å². The van der Waals surface area contributed by atoms with Gasteiger partial charge in [-0.1, -0.05) is 0 Å². The van der Waals surface area contributed by atoms with Crippen molar-refractivity contribution in [3.8, 4) is 11.3 Å². The van der Waals surface area contributed by atoms with Crippen LogP contribution in [0.5, 0.6) is 0 Å². The molecule has 28 heavy (non-hydrogen) atoms. The predicted molar refractivity (Wildman–Crippen MR) is 108 cm³/mol. The van der Waals surface area contributed by atoms with Crippen molar-refractivity contribution in [2.24, 2.45) is 10.9 Å². The fourth-order valence-corrected chi connectivity index (χ4v) is 3.99. The number of nitrogens with one attached hydrogen (secondary N) is 1. The van der Waals surface area contributed by atoms with Crippen LogP contribution in [0, 0.1) is 5.92 Å². The van der Waals surface area contributed by atoms with E-state index in [4.69, 9.17) is 4.98 Å². The van der Waals surface area contributed by atoms with Gasteiger partial charge in [0.15, 0.2) is 0 Å². The zero-order valence-corrected chi connectivity index (χ0v) is 16.1. The van der Waals surface area contributed by atoms with Crippen LogP contribution < -0.4 is 5.32 Å². The molecular weight excluding hydrogens is 355 g/mol. The Kier molecular flexibility index (Phi) is 4.10. The van der Waals surface area contributed by atoms with E-state index in [0.29, 0.717) is 18.4 Å². The fraction of sp³-hybridized carbons (Fsp3) is 0.429. The van der Waals surface area contributed by atoms with Crippen molar-refractivity contribution in [2.75, 3.05) is 12.0 Å². The summed E-state index contributed by atoms with van der Waals surface area (Å²) in [5.41, 5.74) is 5.35. The molecule has 1 unspecified atom stereocenters. The van der Waals surface area contributed by atoms with Crippen molar-refractivity contribution in [3.63, 3.8) is 0 Å². The van der Waals surface area contributed by atoms with Crippen LogP contribution in [-0.4, -0.2) is 38.0 Å². The molecule has 0 radical (unpaired) electrons. The normalized spacial score (nSPS) is 19.5. The second-order valence-electron chi connectivity index (χ2n) is 7.80. The van der Waals surface area contributed by atoms with Crippen LogP contribution >= 0.6 is 0 Å². The molecule has 6 nitrogen and oxygen atoms in total. The summed E-state index contributed by atoms with van der Waals surface area (Å²) in [5.74, 6) is 1.34. The van der Waals surface area contributed by atoms with Gasteiger partial charge in [-0.05, 0) is 57.2 Å². The number of hydrogen-bond acceptors (Lipinski definition) is 5. The van der Waals surface area contributed by atoms with Crippen molar-refractivity contribution in [2.45, 2.75) is 45.1 Å². The van der Waals surface area contributed by atoms with Crippen molar-refractivity contribution in [3.05, 3.63) is 36.3 Å². The van der Waals surface area contributed by atoms with Crippen LogP contribution in [0.4, 0.5) is 16.0 Å². The van der Waals surface area contributed by atoms with E-state index in [9.17, 15) is 4.39 Å². The van der Waals surface area contributed by atoms with Gasteiger partial charge in [0.2, 0.25) is 5.95 Å².